The van der Waals surface area contributed by atoms with Gasteiger partial charge < -0.3 is 4.74 Å². The molecule has 4 aliphatic rings. The molecule has 3 saturated carbocycles. The Kier molecular flexibility index (Phi) is 12.7. The van der Waals surface area contributed by atoms with E-state index in [-0.39, 0.29) is 5.30 Å². The van der Waals surface area contributed by atoms with Gasteiger partial charge in [-0.1, -0.05) is 117 Å². The topological polar surface area (TPSA) is 26.3 Å². The molecule has 0 aromatic rings. The van der Waals surface area contributed by atoms with Crippen molar-refractivity contribution in [2.24, 2.45) is 46.3 Å². The normalized spacial score (nSPS) is 35.4. The van der Waals surface area contributed by atoms with Gasteiger partial charge in [0.05, 0.1) is 6.61 Å². The van der Waals surface area contributed by atoms with E-state index in [1.54, 1.807) is 5.57 Å². The number of fused-ring (bicyclic) bond motifs is 5. The number of hydrogen-bond acceptors (Lipinski definition) is 3. The summed E-state index contributed by atoms with van der Waals surface area (Å²) in [5, 5.41) is 0.386. The van der Waals surface area contributed by atoms with Crippen LogP contribution in [0.1, 0.15) is 164 Å². The number of carbonyl (C=O) groups excluding carboxylic acids is 1. The van der Waals surface area contributed by atoms with Crippen LogP contribution in [0.15, 0.2) is 11.6 Å². The number of allylic oxidation sites excluding steroid dienone is 2. The first-order valence-corrected chi connectivity index (χ1v) is 19.1. The minimum absolute atomic E-state index is 0.0243. The standard InChI is InChI=1S/C38H66O2S/c1-7-8-9-10-11-12-13-14-26-40-36(39)41-31-22-24-37(5)30(27-31)18-19-32-34-21-20-33(29(4)17-15-16-28(2)3)38(34,6)25-23-35(32)37/h18,28-29,31-35H,7-17,19-27H2,1-6H3/t29-,31+,32+,33+,34+,35+,37+,38-/m1/s1. The molecule has 2 nitrogen and oxygen atoms in total. The lowest BCUT2D eigenvalue weighted by atomic mass is 9.47. The summed E-state index contributed by atoms with van der Waals surface area (Å²) in [5.74, 6) is 5.32. The number of ether oxygens (including phenoxy) is 1. The third kappa shape index (κ3) is 8.19. The fourth-order valence-electron chi connectivity index (χ4n) is 10.3. The van der Waals surface area contributed by atoms with Gasteiger partial charge in [-0.25, -0.2) is 4.79 Å². The molecule has 236 valence electrons. The van der Waals surface area contributed by atoms with Crippen LogP contribution in [-0.4, -0.2) is 17.2 Å². The van der Waals surface area contributed by atoms with Crippen molar-refractivity contribution in [3.05, 3.63) is 11.6 Å². The van der Waals surface area contributed by atoms with Crippen molar-refractivity contribution in [1.29, 1.82) is 0 Å². The van der Waals surface area contributed by atoms with Crippen LogP contribution < -0.4 is 0 Å². The van der Waals surface area contributed by atoms with Crippen molar-refractivity contribution in [2.75, 3.05) is 6.61 Å². The number of carbonyl (C=O) groups is 1. The maximum atomic E-state index is 12.7. The molecule has 0 N–H and O–H groups in total. The molecule has 0 aliphatic heterocycles. The summed E-state index contributed by atoms with van der Waals surface area (Å²) >= 11 is 1.51. The van der Waals surface area contributed by atoms with E-state index in [0.717, 1.165) is 48.3 Å². The third-order valence-electron chi connectivity index (χ3n) is 12.7. The highest BCUT2D eigenvalue weighted by Gasteiger charge is 2.59. The molecule has 0 heterocycles. The van der Waals surface area contributed by atoms with Gasteiger partial charge in [0.2, 0.25) is 0 Å². The Morgan fingerprint density at radius 3 is 2.37 bits per heavy atom. The predicted octanol–water partition coefficient (Wildman–Crippen LogP) is 12.4. The van der Waals surface area contributed by atoms with Crippen LogP contribution in [0.5, 0.6) is 0 Å². The fraction of sp³-hybridized carbons (Fsp3) is 0.921. The van der Waals surface area contributed by atoms with Gasteiger partial charge >= 0.3 is 5.30 Å². The Labute approximate surface area is 259 Å². The van der Waals surface area contributed by atoms with Crippen LogP contribution in [0, 0.1) is 46.3 Å². The molecule has 3 heteroatoms. The van der Waals surface area contributed by atoms with Gasteiger partial charge in [0.15, 0.2) is 0 Å². The molecule has 4 aliphatic carbocycles. The van der Waals surface area contributed by atoms with E-state index < -0.39 is 0 Å². The Morgan fingerprint density at radius 2 is 1.63 bits per heavy atom. The van der Waals surface area contributed by atoms with Gasteiger partial charge in [0.25, 0.3) is 0 Å². The van der Waals surface area contributed by atoms with Crippen molar-refractivity contribution >= 4 is 17.1 Å². The minimum atomic E-state index is -0.0243. The number of unbranched alkanes of at least 4 members (excludes halogenated alkanes) is 7. The van der Waals surface area contributed by atoms with Gasteiger partial charge in [0, 0.05) is 5.25 Å². The second-order valence-corrected chi connectivity index (χ2v) is 17.1. The molecule has 0 bridgehead atoms. The summed E-state index contributed by atoms with van der Waals surface area (Å²) in [4.78, 5) is 12.7. The molecule has 3 fully saturated rings. The SMILES string of the molecule is CCCCCCCCCCOC(=O)S[C@H]1CC[C@@]2(C)C(=CC[C@H]3[C@@H]4CC[C@@H]([C@H](C)CCCC(C)C)[C@@]4(C)CC[C@@H]32)C1. The van der Waals surface area contributed by atoms with E-state index in [4.69, 9.17) is 4.74 Å². The number of hydrogen-bond donors (Lipinski definition) is 0. The van der Waals surface area contributed by atoms with Gasteiger partial charge in [-0.15, -0.1) is 0 Å². The minimum Gasteiger partial charge on any atom is -0.458 e. The summed E-state index contributed by atoms with van der Waals surface area (Å²) in [7, 11) is 0. The maximum absolute atomic E-state index is 12.7. The Morgan fingerprint density at radius 1 is 0.902 bits per heavy atom. The molecule has 0 aromatic heterocycles. The zero-order chi connectivity index (χ0) is 29.5. The average Bonchev–Trinajstić information content (AvgIpc) is 3.29. The van der Waals surface area contributed by atoms with Gasteiger partial charge in [0.1, 0.15) is 0 Å². The van der Waals surface area contributed by atoms with Crippen molar-refractivity contribution in [3.8, 4) is 0 Å². The van der Waals surface area contributed by atoms with Crippen LogP contribution in [0.2, 0.25) is 0 Å². The molecule has 0 aromatic carbocycles. The predicted molar refractivity (Wildman–Crippen MR) is 178 cm³/mol. The summed E-state index contributed by atoms with van der Waals surface area (Å²) in [6.07, 6.45) is 27.8. The largest absolute Gasteiger partial charge is 0.458 e. The molecule has 0 amide bonds. The summed E-state index contributed by atoms with van der Waals surface area (Å²) in [6, 6.07) is 0. The van der Waals surface area contributed by atoms with Crippen molar-refractivity contribution in [3.63, 3.8) is 0 Å². The highest BCUT2D eigenvalue weighted by atomic mass is 32.2. The molecule has 4 rings (SSSR count). The first-order chi connectivity index (χ1) is 19.7. The van der Waals surface area contributed by atoms with E-state index in [9.17, 15) is 4.79 Å². The van der Waals surface area contributed by atoms with Crippen LogP contribution in [-0.2, 0) is 4.74 Å². The fourth-order valence-corrected chi connectivity index (χ4v) is 11.2. The van der Waals surface area contributed by atoms with Crippen molar-refractivity contribution in [1.82, 2.24) is 0 Å². The number of thioether (sulfide) groups is 1. The summed E-state index contributed by atoms with van der Waals surface area (Å²) < 4.78 is 5.67. The lowest BCUT2D eigenvalue weighted by Gasteiger charge is -2.58. The quantitative estimate of drug-likeness (QED) is 0.108. The molecule has 41 heavy (non-hydrogen) atoms. The van der Waals surface area contributed by atoms with E-state index in [0.29, 0.717) is 22.7 Å². The monoisotopic (exact) mass is 586 g/mol. The highest BCUT2D eigenvalue weighted by molar-refractivity contribution is 8.13. The molecule has 0 unspecified atom stereocenters. The number of rotatable bonds is 15. The smallest absolute Gasteiger partial charge is 0.367 e. The first kappa shape index (κ1) is 33.5. The van der Waals surface area contributed by atoms with E-state index in [1.165, 1.54) is 121 Å². The molecule has 0 saturated heterocycles. The zero-order valence-electron chi connectivity index (χ0n) is 28.0. The lowest BCUT2D eigenvalue weighted by molar-refractivity contribution is -0.0497. The van der Waals surface area contributed by atoms with Gasteiger partial charge in [-0.3, -0.25) is 0 Å². The second-order valence-electron chi connectivity index (χ2n) is 15.8. The van der Waals surface area contributed by atoms with Crippen molar-refractivity contribution < 1.29 is 9.53 Å². The van der Waals surface area contributed by atoms with Crippen LogP contribution in [0.25, 0.3) is 0 Å². The zero-order valence-corrected chi connectivity index (χ0v) is 28.8. The molecule has 0 spiro atoms. The molecular formula is C38H66O2S. The third-order valence-corrected chi connectivity index (χ3v) is 13.8. The van der Waals surface area contributed by atoms with E-state index >= 15 is 0 Å². The van der Waals surface area contributed by atoms with Crippen LogP contribution in [0.3, 0.4) is 0 Å². The Balaban J connectivity index is 1.24. The molecule has 0 radical (unpaired) electrons. The Bertz CT molecular complexity index is 849. The lowest BCUT2D eigenvalue weighted by Crippen LogP contribution is -2.50. The van der Waals surface area contributed by atoms with E-state index in [1.807, 2.05) is 0 Å². The second kappa shape index (κ2) is 15.5. The summed E-state index contributed by atoms with van der Waals surface area (Å²) in [6.45, 7) is 15.5. The van der Waals surface area contributed by atoms with Crippen LogP contribution in [0.4, 0.5) is 4.79 Å². The maximum Gasteiger partial charge on any atom is 0.367 e. The average molecular weight is 587 g/mol. The molecule has 8 atom stereocenters. The first-order valence-electron chi connectivity index (χ1n) is 18.2. The Hall–Kier alpha value is -0.440. The van der Waals surface area contributed by atoms with Crippen molar-refractivity contribution in [2.45, 2.75) is 169 Å². The van der Waals surface area contributed by atoms with Gasteiger partial charge in [-0.2, -0.15) is 0 Å². The van der Waals surface area contributed by atoms with Gasteiger partial charge in [-0.05, 0) is 116 Å². The van der Waals surface area contributed by atoms with E-state index in [2.05, 4.69) is 47.6 Å². The molecular weight excluding hydrogens is 520 g/mol. The summed E-state index contributed by atoms with van der Waals surface area (Å²) in [5.41, 5.74) is 2.62. The highest BCUT2D eigenvalue weighted by Crippen LogP contribution is 2.67. The van der Waals surface area contributed by atoms with Crippen LogP contribution >= 0.6 is 11.8 Å².